The first-order valence-electron chi connectivity index (χ1n) is 13.2. The number of anilines is 1. The fraction of sp³-hybridized carbons (Fsp3) is 0.194. The van der Waals surface area contributed by atoms with Crippen LogP contribution in [0.2, 0.25) is 0 Å². The number of aliphatic hydroxyl groups is 1. The molecule has 43 heavy (non-hydrogen) atoms. The Morgan fingerprint density at radius 2 is 1.86 bits per heavy atom. The van der Waals surface area contributed by atoms with Crippen LogP contribution in [-0.2, 0) is 26.5 Å². The Hall–Kier alpha value is -4.55. The third-order valence-electron chi connectivity index (χ3n) is 7.17. The Kier molecular flexibility index (Phi) is 7.72. The molecule has 4 aromatic rings. The molecule has 1 aromatic heterocycles. The number of carbonyl (C=O) groups excluding carboxylic acids is 3. The average Bonchev–Trinajstić information content (AvgIpc) is 3.70. The number of aliphatic hydroxyl groups excluding tert-OH is 1. The maximum Gasteiger partial charge on any atom is 0.337 e. The van der Waals surface area contributed by atoms with Gasteiger partial charge < -0.3 is 14.6 Å². The van der Waals surface area contributed by atoms with Gasteiger partial charge in [-0.2, -0.15) is 0 Å². The number of halogens is 1. The third-order valence-corrected chi connectivity index (χ3v) is 9.28. The molecular formula is C31H24FN3O6S2. The minimum Gasteiger partial charge on any atom is -0.507 e. The molecule has 2 aliphatic heterocycles. The van der Waals surface area contributed by atoms with E-state index in [1.807, 2.05) is 6.92 Å². The highest BCUT2D eigenvalue weighted by Crippen LogP contribution is 2.44. The van der Waals surface area contributed by atoms with Crippen molar-refractivity contribution < 1.29 is 33.4 Å². The van der Waals surface area contributed by atoms with Gasteiger partial charge in [0.2, 0.25) is 5.13 Å². The molecule has 3 heterocycles. The SMILES string of the molecule is COC(=O)c1ccc(C2C(=C(O)c3ccc4c(c3)CC(C)O4)C(=O)C(=O)N2c2nnc(SCc3ccccc3F)s2)cc1. The molecular weight excluding hydrogens is 593 g/mol. The average molecular weight is 618 g/mol. The van der Waals surface area contributed by atoms with Crippen molar-refractivity contribution in [3.63, 3.8) is 0 Å². The molecule has 1 saturated heterocycles. The number of aromatic nitrogens is 2. The molecule has 0 bridgehead atoms. The summed E-state index contributed by atoms with van der Waals surface area (Å²) >= 11 is 2.32. The molecule has 9 nitrogen and oxygen atoms in total. The van der Waals surface area contributed by atoms with Crippen molar-refractivity contribution in [2.75, 3.05) is 12.0 Å². The van der Waals surface area contributed by atoms with Crippen LogP contribution in [-0.4, -0.2) is 46.2 Å². The van der Waals surface area contributed by atoms with Crippen LogP contribution in [0.15, 0.2) is 76.6 Å². The van der Waals surface area contributed by atoms with Gasteiger partial charge in [0, 0.05) is 17.7 Å². The van der Waals surface area contributed by atoms with Crippen LogP contribution >= 0.6 is 23.1 Å². The molecule has 2 unspecified atom stereocenters. The van der Waals surface area contributed by atoms with E-state index < -0.39 is 23.7 Å². The molecule has 6 rings (SSSR count). The number of nitrogens with zero attached hydrogens (tertiary/aromatic N) is 3. The lowest BCUT2D eigenvalue weighted by atomic mass is 9.94. The van der Waals surface area contributed by atoms with E-state index in [0.29, 0.717) is 39.0 Å². The van der Waals surface area contributed by atoms with Gasteiger partial charge in [-0.05, 0) is 60.0 Å². The summed E-state index contributed by atoms with van der Waals surface area (Å²) in [5.41, 5.74) is 2.35. The zero-order valence-electron chi connectivity index (χ0n) is 22.9. The zero-order chi connectivity index (χ0) is 30.2. The van der Waals surface area contributed by atoms with Crippen molar-refractivity contribution in [2.45, 2.75) is 35.6 Å². The number of esters is 1. The topological polar surface area (TPSA) is 119 Å². The van der Waals surface area contributed by atoms with Gasteiger partial charge in [0.1, 0.15) is 23.4 Å². The molecule has 12 heteroatoms. The van der Waals surface area contributed by atoms with E-state index in [4.69, 9.17) is 9.47 Å². The van der Waals surface area contributed by atoms with Gasteiger partial charge >= 0.3 is 11.9 Å². The Bertz CT molecular complexity index is 1790. The monoisotopic (exact) mass is 617 g/mol. The number of ketones is 1. The summed E-state index contributed by atoms with van der Waals surface area (Å²) in [7, 11) is 1.27. The number of hydrogen-bond acceptors (Lipinski definition) is 10. The predicted molar refractivity (Wildman–Crippen MR) is 159 cm³/mol. The number of ether oxygens (including phenoxy) is 2. The van der Waals surface area contributed by atoms with Crippen LogP contribution in [0.1, 0.15) is 45.6 Å². The van der Waals surface area contributed by atoms with E-state index in [0.717, 1.165) is 16.9 Å². The van der Waals surface area contributed by atoms with Gasteiger partial charge in [0.25, 0.3) is 5.78 Å². The summed E-state index contributed by atoms with van der Waals surface area (Å²) in [5, 5.41) is 20.0. The van der Waals surface area contributed by atoms with Crippen molar-refractivity contribution >= 4 is 51.6 Å². The number of amides is 1. The second-order valence-electron chi connectivity index (χ2n) is 9.97. The summed E-state index contributed by atoms with van der Waals surface area (Å²) in [6.07, 6.45) is 0.621. The normalized spacial score (nSPS) is 18.9. The number of fused-ring (bicyclic) bond motifs is 1. The first-order valence-corrected chi connectivity index (χ1v) is 15.0. The van der Waals surface area contributed by atoms with E-state index in [2.05, 4.69) is 10.2 Å². The summed E-state index contributed by atoms with van der Waals surface area (Å²) in [6.45, 7) is 1.94. The van der Waals surface area contributed by atoms with Gasteiger partial charge in [-0.25, -0.2) is 9.18 Å². The highest BCUT2D eigenvalue weighted by atomic mass is 32.2. The minimum atomic E-state index is -1.06. The molecule has 0 radical (unpaired) electrons. The van der Waals surface area contributed by atoms with Crippen molar-refractivity contribution in [2.24, 2.45) is 0 Å². The first kappa shape index (κ1) is 28.6. The van der Waals surface area contributed by atoms with Crippen LogP contribution in [0.4, 0.5) is 9.52 Å². The fourth-order valence-electron chi connectivity index (χ4n) is 5.10. The number of rotatable bonds is 7. The lowest BCUT2D eigenvalue weighted by Crippen LogP contribution is -2.29. The Morgan fingerprint density at radius 3 is 2.60 bits per heavy atom. The summed E-state index contributed by atoms with van der Waals surface area (Å²) in [6, 6.07) is 16.7. The largest absolute Gasteiger partial charge is 0.507 e. The number of Topliss-reactive ketones (excluding diaryl/α,β-unsaturated/α-hetero) is 1. The minimum absolute atomic E-state index is 0.0193. The number of benzene rings is 3. The van der Waals surface area contributed by atoms with Crippen molar-refractivity contribution in [1.29, 1.82) is 0 Å². The second kappa shape index (κ2) is 11.6. The van der Waals surface area contributed by atoms with Crippen LogP contribution in [0.3, 0.4) is 0 Å². The Morgan fingerprint density at radius 1 is 1.12 bits per heavy atom. The van der Waals surface area contributed by atoms with Crippen LogP contribution < -0.4 is 9.64 Å². The van der Waals surface area contributed by atoms with Gasteiger partial charge in [-0.1, -0.05) is 53.4 Å². The van der Waals surface area contributed by atoms with E-state index in [1.165, 1.54) is 42.0 Å². The molecule has 2 aliphatic rings. The third kappa shape index (κ3) is 5.39. The second-order valence-corrected chi connectivity index (χ2v) is 12.1. The van der Waals surface area contributed by atoms with Gasteiger partial charge in [0.05, 0.1) is 24.3 Å². The maximum atomic E-state index is 14.1. The van der Waals surface area contributed by atoms with Gasteiger partial charge in [-0.15, -0.1) is 10.2 Å². The van der Waals surface area contributed by atoms with E-state index in [-0.39, 0.29) is 33.9 Å². The molecule has 0 aliphatic carbocycles. The molecule has 1 N–H and O–H groups in total. The Balaban J connectivity index is 1.40. The molecule has 218 valence electrons. The molecule has 3 aromatic carbocycles. The first-order chi connectivity index (χ1) is 20.7. The summed E-state index contributed by atoms with van der Waals surface area (Å²) in [5.74, 6) is -2.01. The smallest absolute Gasteiger partial charge is 0.337 e. The van der Waals surface area contributed by atoms with E-state index in [1.54, 1.807) is 48.5 Å². The van der Waals surface area contributed by atoms with Crippen LogP contribution in [0.25, 0.3) is 5.76 Å². The standard InChI is InChI=1S/C31H24FN3O6S2/c1-16-13-21-14-19(11-12-23(21)41-16)26(36)24-25(17-7-9-18(10-8-17)29(39)40-2)35(28(38)27(24)37)30-33-34-31(43-30)42-15-20-5-3-4-6-22(20)32/h3-12,14,16,25,36H,13,15H2,1-2H3. The number of thioether (sulfide) groups is 1. The van der Waals surface area contributed by atoms with Gasteiger partial charge in [0.15, 0.2) is 4.34 Å². The number of carbonyl (C=O) groups is 3. The highest BCUT2D eigenvalue weighted by molar-refractivity contribution is 8.00. The zero-order valence-corrected chi connectivity index (χ0v) is 24.6. The lowest BCUT2D eigenvalue weighted by molar-refractivity contribution is -0.132. The van der Waals surface area contributed by atoms with Crippen LogP contribution in [0, 0.1) is 5.82 Å². The summed E-state index contributed by atoms with van der Waals surface area (Å²) < 4.78 is 25.2. The highest BCUT2D eigenvalue weighted by Gasteiger charge is 2.48. The van der Waals surface area contributed by atoms with Crippen LogP contribution in [0.5, 0.6) is 5.75 Å². The fourth-order valence-corrected chi connectivity index (χ4v) is 6.96. The molecule has 0 saturated carbocycles. The molecule has 0 spiro atoms. The van der Waals surface area contributed by atoms with Crippen molar-refractivity contribution in [3.05, 3.63) is 106 Å². The molecule has 2 atom stereocenters. The van der Waals surface area contributed by atoms with E-state index in [9.17, 15) is 23.9 Å². The van der Waals surface area contributed by atoms with Crippen molar-refractivity contribution in [3.8, 4) is 5.75 Å². The lowest BCUT2D eigenvalue weighted by Gasteiger charge is -2.22. The van der Waals surface area contributed by atoms with Gasteiger partial charge in [-0.3, -0.25) is 14.5 Å². The molecule has 1 fully saturated rings. The van der Waals surface area contributed by atoms with Crippen molar-refractivity contribution in [1.82, 2.24) is 10.2 Å². The summed E-state index contributed by atoms with van der Waals surface area (Å²) in [4.78, 5) is 40.3. The predicted octanol–water partition coefficient (Wildman–Crippen LogP) is 5.71. The maximum absolute atomic E-state index is 14.1. The van der Waals surface area contributed by atoms with E-state index >= 15 is 0 Å². The number of hydrogen-bond donors (Lipinski definition) is 1. The molecule has 1 amide bonds. The Labute approximate surface area is 254 Å². The number of methoxy groups -OCH3 is 1. The quantitative estimate of drug-likeness (QED) is 0.0695.